The summed E-state index contributed by atoms with van der Waals surface area (Å²) in [5.41, 5.74) is 0.905. The predicted octanol–water partition coefficient (Wildman–Crippen LogP) is 1.77. The van der Waals surface area contributed by atoms with E-state index in [4.69, 9.17) is 4.74 Å². The predicted molar refractivity (Wildman–Crippen MR) is 71.8 cm³/mol. The van der Waals surface area contributed by atoms with Gasteiger partial charge in [0, 0.05) is 6.08 Å². The van der Waals surface area contributed by atoms with Crippen molar-refractivity contribution in [1.29, 1.82) is 0 Å². The number of aryl methyl sites for hydroxylation is 1. The van der Waals surface area contributed by atoms with E-state index in [2.05, 4.69) is 20.5 Å². The first kappa shape index (κ1) is 12.8. The fraction of sp³-hybridized carbons (Fsp3) is 0.154. The summed E-state index contributed by atoms with van der Waals surface area (Å²) in [4.78, 5) is 15.6. The second-order valence-electron chi connectivity index (χ2n) is 3.84. The molecule has 0 unspecified atom stereocenters. The minimum atomic E-state index is -0.283. The Balaban J connectivity index is 1.95. The number of ether oxygens (including phenoxy) is 1. The molecule has 1 amide bonds. The normalized spacial score (nSPS) is 10.6. The summed E-state index contributed by atoms with van der Waals surface area (Å²) in [6, 6.07) is 7.38. The van der Waals surface area contributed by atoms with Crippen LogP contribution in [-0.2, 0) is 4.79 Å². The summed E-state index contributed by atoms with van der Waals surface area (Å²) < 4.78 is 5.05. The third-order valence-corrected chi connectivity index (χ3v) is 2.38. The monoisotopic (exact) mass is 258 g/mol. The Morgan fingerprint density at radius 2 is 2.11 bits per heavy atom. The summed E-state index contributed by atoms with van der Waals surface area (Å²) >= 11 is 0. The number of carbonyl (C=O) groups excluding carboxylic acids is 1. The average Bonchev–Trinajstić information content (AvgIpc) is 2.82. The van der Waals surface area contributed by atoms with Crippen molar-refractivity contribution in [2.75, 3.05) is 12.4 Å². The zero-order valence-corrected chi connectivity index (χ0v) is 10.7. The molecule has 2 N–H and O–H groups in total. The maximum absolute atomic E-state index is 11.6. The maximum Gasteiger partial charge on any atom is 0.250 e. The molecule has 0 fully saturated rings. The standard InChI is InChI=1S/C13H14N4O2/c1-9-14-13(17-16-9)15-12(18)8-5-10-3-6-11(19-2)7-4-10/h3-8H,1-2H3,(H2,14,15,16,17,18)/b8-5+. The number of nitrogens with zero attached hydrogens (tertiary/aromatic N) is 2. The number of hydrogen-bond donors (Lipinski definition) is 2. The molecule has 2 rings (SSSR count). The number of nitrogens with one attached hydrogen (secondary N) is 2. The van der Waals surface area contributed by atoms with Crippen LogP contribution in [-0.4, -0.2) is 28.2 Å². The van der Waals surface area contributed by atoms with E-state index in [9.17, 15) is 4.79 Å². The van der Waals surface area contributed by atoms with Crippen molar-refractivity contribution in [2.24, 2.45) is 0 Å². The number of carbonyl (C=O) groups is 1. The zero-order valence-electron chi connectivity index (χ0n) is 10.7. The SMILES string of the molecule is COc1ccc(/C=C/C(=O)Nc2n[nH]c(C)n2)cc1. The summed E-state index contributed by atoms with van der Waals surface area (Å²) in [7, 11) is 1.61. The highest BCUT2D eigenvalue weighted by molar-refractivity contribution is 6.00. The molecule has 6 heteroatoms. The second kappa shape index (κ2) is 5.81. The molecule has 0 bridgehead atoms. The summed E-state index contributed by atoms with van der Waals surface area (Å²) in [5, 5.41) is 9.01. The number of aromatic nitrogens is 3. The first-order valence-electron chi connectivity index (χ1n) is 5.69. The van der Waals surface area contributed by atoms with Gasteiger partial charge in [-0.1, -0.05) is 12.1 Å². The molecule has 0 spiro atoms. The van der Waals surface area contributed by atoms with E-state index in [-0.39, 0.29) is 11.9 Å². The van der Waals surface area contributed by atoms with Crippen LogP contribution in [0.1, 0.15) is 11.4 Å². The van der Waals surface area contributed by atoms with Crippen LogP contribution in [0.5, 0.6) is 5.75 Å². The molecule has 0 aliphatic heterocycles. The minimum Gasteiger partial charge on any atom is -0.497 e. The van der Waals surface area contributed by atoms with E-state index in [1.54, 1.807) is 20.1 Å². The van der Waals surface area contributed by atoms with E-state index in [0.717, 1.165) is 11.3 Å². The lowest BCUT2D eigenvalue weighted by atomic mass is 10.2. The van der Waals surface area contributed by atoms with Crippen LogP contribution in [0.3, 0.4) is 0 Å². The van der Waals surface area contributed by atoms with Crippen molar-refractivity contribution in [3.05, 3.63) is 41.7 Å². The fourth-order valence-corrected chi connectivity index (χ4v) is 1.44. The van der Waals surface area contributed by atoms with Crippen LogP contribution in [0.2, 0.25) is 0 Å². The van der Waals surface area contributed by atoms with Crippen LogP contribution < -0.4 is 10.1 Å². The van der Waals surface area contributed by atoms with Crippen LogP contribution in [0, 0.1) is 6.92 Å². The van der Waals surface area contributed by atoms with Crippen molar-refractivity contribution in [3.8, 4) is 5.75 Å². The van der Waals surface area contributed by atoms with Gasteiger partial charge in [0.25, 0.3) is 5.91 Å². The number of aromatic amines is 1. The number of anilines is 1. The van der Waals surface area contributed by atoms with Crippen molar-refractivity contribution in [1.82, 2.24) is 15.2 Å². The molecule has 1 aromatic heterocycles. The van der Waals surface area contributed by atoms with E-state index in [1.165, 1.54) is 6.08 Å². The minimum absolute atomic E-state index is 0.266. The Morgan fingerprint density at radius 3 is 2.68 bits per heavy atom. The molecular formula is C13H14N4O2. The van der Waals surface area contributed by atoms with Gasteiger partial charge in [0.2, 0.25) is 5.95 Å². The first-order valence-corrected chi connectivity index (χ1v) is 5.69. The highest BCUT2D eigenvalue weighted by Crippen LogP contribution is 2.12. The van der Waals surface area contributed by atoms with Crippen LogP contribution in [0.4, 0.5) is 5.95 Å². The Hall–Kier alpha value is -2.63. The highest BCUT2D eigenvalue weighted by Gasteiger charge is 2.02. The van der Waals surface area contributed by atoms with Crippen molar-refractivity contribution in [2.45, 2.75) is 6.92 Å². The third kappa shape index (κ3) is 3.67. The van der Waals surface area contributed by atoms with Gasteiger partial charge in [0.15, 0.2) is 0 Å². The molecule has 0 saturated heterocycles. The Kier molecular flexibility index (Phi) is 3.92. The molecule has 0 radical (unpaired) electrons. The highest BCUT2D eigenvalue weighted by atomic mass is 16.5. The molecule has 6 nitrogen and oxygen atoms in total. The second-order valence-corrected chi connectivity index (χ2v) is 3.84. The number of methoxy groups -OCH3 is 1. The number of hydrogen-bond acceptors (Lipinski definition) is 4. The summed E-state index contributed by atoms with van der Waals surface area (Å²) in [6.07, 6.45) is 3.13. The first-order chi connectivity index (χ1) is 9.17. The van der Waals surface area contributed by atoms with Crippen molar-refractivity contribution in [3.63, 3.8) is 0 Å². The van der Waals surface area contributed by atoms with E-state index < -0.39 is 0 Å². The number of rotatable bonds is 4. The van der Waals surface area contributed by atoms with Gasteiger partial charge in [0.05, 0.1) is 7.11 Å². The molecule has 19 heavy (non-hydrogen) atoms. The maximum atomic E-state index is 11.6. The lowest BCUT2D eigenvalue weighted by Gasteiger charge is -1.99. The summed E-state index contributed by atoms with van der Waals surface area (Å²) in [6.45, 7) is 1.76. The van der Waals surface area contributed by atoms with Crippen molar-refractivity contribution >= 4 is 17.9 Å². The van der Waals surface area contributed by atoms with Gasteiger partial charge in [-0.3, -0.25) is 15.2 Å². The van der Waals surface area contributed by atoms with E-state index in [0.29, 0.717) is 5.82 Å². The quantitative estimate of drug-likeness (QED) is 0.819. The summed E-state index contributed by atoms with van der Waals surface area (Å²) in [5.74, 6) is 1.41. The smallest absolute Gasteiger partial charge is 0.250 e. The molecule has 0 aliphatic rings. The molecule has 2 aromatic rings. The topological polar surface area (TPSA) is 79.9 Å². The van der Waals surface area contributed by atoms with E-state index >= 15 is 0 Å². The Morgan fingerprint density at radius 1 is 1.37 bits per heavy atom. The molecule has 1 aromatic carbocycles. The van der Waals surface area contributed by atoms with Gasteiger partial charge in [-0.05, 0) is 30.7 Å². The lowest BCUT2D eigenvalue weighted by Crippen LogP contribution is -2.09. The average molecular weight is 258 g/mol. The van der Waals surface area contributed by atoms with Crippen LogP contribution in [0.15, 0.2) is 30.3 Å². The zero-order chi connectivity index (χ0) is 13.7. The lowest BCUT2D eigenvalue weighted by molar-refractivity contribution is -0.111. The van der Waals surface area contributed by atoms with Gasteiger partial charge in [-0.2, -0.15) is 4.98 Å². The Labute approximate surface area is 110 Å². The van der Waals surface area contributed by atoms with Crippen LogP contribution in [0.25, 0.3) is 6.08 Å². The molecule has 0 aliphatic carbocycles. The van der Waals surface area contributed by atoms with Crippen LogP contribution >= 0.6 is 0 Å². The van der Waals surface area contributed by atoms with Gasteiger partial charge in [0.1, 0.15) is 11.6 Å². The number of amides is 1. The fourth-order valence-electron chi connectivity index (χ4n) is 1.44. The molecular weight excluding hydrogens is 244 g/mol. The molecule has 0 atom stereocenters. The largest absolute Gasteiger partial charge is 0.497 e. The van der Waals surface area contributed by atoms with E-state index in [1.807, 2.05) is 24.3 Å². The van der Waals surface area contributed by atoms with Gasteiger partial charge in [-0.25, -0.2) is 0 Å². The Bertz CT molecular complexity index is 587. The molecule has 0 saturated carbocycles. The third-order valence-electron chi connectivity index (χ3n) is 2.38. The molecule has 1 heterocycles. The van der Waals surface area contributed by atoms with Gasteiger partial charge >= 0.3 is 0 Å². The molecule has 98 valence electrons. The van der Waals surface area contributed by atoms with Gasteiger partial charge < -0.3 is 4.74 Å². The number of H-pyrrole nitrogens is 1. The van der Waals surface area contributed by atoms with Gasteiger partial charge in [-0.15, -0.1) is 5.10 Å². The number of benzene rings is 1. The van der Waals surface area contributed by atoms with Crippen molar-refractivity contribution < 1.29 is 9.53 Å².